The topological polar surface area (TPSA) is 54.5 Å². The van der Waals surface area contributed by atoms with Crippen molar-refractivity contribution in [1.82, 2.24) is 15.2 Å². The molecule has 1 aliphatic rings. The Hall–Kier alpha value is -2.40. The van der Waals surface area contributed by atoms with Crippen LogP contribution in [0.25, 0.3) is 0 Å². The Balaban J connectivity index is 1.73. The molecule has 5 heteroatoms. The van der Waals surface area contributed by atoms with Gasteiger partial charge < -0.3 is 10.1 Å². The molecule has 1 amide bonds. The van der Waals surface area contributed by atoms with E-state index >= 15 is 0 Å². The maximum Gasteiger partial charge on any atom is 0.225 e. The van der Waals surface area contributed by atoms with E-state index in [9.17, 15) is 4.79 Å². The summed E-state index contributed by atoms with van der Waals surface area (Å²) in [6.45, 7) is 12.8. The minimum Gasteiger partial charge on any atom is -0.491 e. The molecule has 1 aromatic heterocycles. The van der Waals surface area contributed by atoms with Gasteiger partial charge in [-0.2, -0.15) is 0 Å². The number of carbonyl (C=O) groups is 1. The lowest BCUT2D eigenvalue weighted by molar-refractivity contribution is -0.130. The number of piperidine rings is 1. The first kappa shape index (κ1) is 23.3. The van der Waals surface area contributed by atoms with Crippen LogP contribution >= 0.6 is 0 Å². The minimum absolute atomic E-state index is 0.0683. The molecule has 1 fully saturated rings. The lowest BCUT2D eigenvalue weighted by Crippen LogP contribution is -2.45. The molecule has 1 saturated heterocycles. The first-order chi connectivity index (χ1) is 14.7. The van der Waals surface area contributed by atoms with Crippen molar-refractivity contribution in [2.75, 3.05) is 13.1 Å². The molecule has 3 rings (SSSR count). The Morgan fingerprint density at radius 3 is 2.71 bits per heavy atom. The van der Waals surface area contributed by atoms with Gasteiger partial charge in [0.1, 0.15) is 5.75 Å². The maximum absolute atomic E-state index is 12.8. The molecule has 1 aromatic carbocycles. The summed E-state index contributed by atoms with van der Waals surface area (Å²) in [6.07, 6.45) is 4.17. The zero-order valence-electron chi connectivity index (χ0n) is 19.6. The summed E-state index contributed by atoms with van der Waals surface area (Å²) >= 11 is 0. The number of hydrogen-bond acceptors (Lipinski definition) is 4. The molecule has 0 saturated carbocycles. The third-order valence-electron chi connectivity index (χ3n) is 5.66. The normalized spacial score (nSPS) is 18.6. The molecule has 1 N–H and O–H groups in total. The average Bonchev–Trinajstić information content (AvgIpc) is 2.71. The van der Waals surface area contributed by atoms with E-state index in [0.29, 0.717) is 5.92 Å². The molecule has 0 bridgehead atoms. The van der Waals surface area contributed by atoms with E-state index in [2.05, 4.69) is 33.4 Å². The molecule has 31 heavy (non-hydrogen) atoms. The number of nitrogens with zero attached hydrogens (tertiary/aromatic N) is 2. The highest BCUT2D eigenvalue weighted by Gasteiger charge is 2.33. The van der Waals surface area contributed by atoms with Gasteiger partial charge in [-0.05, 0) is 69.0 Å². The van der Waals surface area contributed by atoms with Gasteiger partial charge in [0.25, 0.3) is 0 Å². The van der Waals surface area contributed by atoms with E-state index < -0.39 is 5.41 Å². The molecule has 2 aromatic rings. The van der Waals surface area contributed by atoms with Crippen LogP contribution in [0.5, 0.6) is 5.75 Å². The molecule has 0 unspecified atom stereocenters. The van der Waals surface area contributed by atoms with Crippen LogP contribution in [0.15, 0.2) is 48.7 Å². The number of pyridine rings is 1. The van der Waals surface area contributed by atoms with Crippen LogP contribution in [0.1, 0.15) is 64.8 Å². The first-order valence-electron chi connectivity index (χ1n) is 11.4. The summed E-state index contributed by atoms with van der Waals surface area (Å²) < 4.78 is 5.86. The van der Waals surface area contributed by atoms with Crippen LogP contribution < -0.4 is 10.1 Å². The van der Waals surface area contributed by atoms with Crippen molar-refractivity contribution in [3.05, 3.63) is 59.9 Å². The fraction of sp³-hybridized carbons (Fsp3) is 0.538. The van der Waals surface area contributed by atoms with E-state index in [1.54, 1.807) is 0 Å². The zero-order chi connectivity index (χ0) is 22.4. The van der Waals surface area contributed by atoms with Crippen LogP contribution in [0.2, 0.25) is 0 Å². The average molecular weight is 424 g/mol. The van der Waals surface area contributed by atoms with Gasteiger partial charge >= 0.3 is 0 Å². The van der Waals surface area contributed by atoms with Crippen molar-refractivity contribution in [2.24, 2.45) is 11.3 Å². The zero-order valence-corrected chi connectivity index (χ0v) is 19.6. The van der Waals surface area contributed by atoms with Gasteiger partial charge in [-0.15, -0.1) is 0 Å². The number of likely N-dealkylation sites (tertiary alicyclic amines) is 1. The smallest absolute Gasteiger partial charge is 0.225 e. The summed E-state index contributed by atoms with van der Waals surface area (Å²) in [7, 11) is 0. The van der Waals surface area contributed by atoms with Crippen molar-refractivity contribution in [1.29, 1.82) is 0 Å². The molecule has 1 aliphatic heterocycles. The molecule has 0 aliphatic carbocycles. The van der Waals surface area contributed by atoms with Gasteiger partial charge in [0.15, 0.2) is 0 Å². The highest BCUT2D eigenvalue weighted by molar-refractivity contribution is 5.81. The highest BCUT2D eigenvalue weighted by Crippen LogP contribution is 2.31. The first-order valence-corrected chi connectivity index (χ1v) is 11.4. The van der Waals surface area contributed by atoms with Gasteiger partial charge in [-0.25, -0.2) is 0 Å². The van der Waals surface area contributed by atoms with E-state index in [-0.39, 0.29) is 18.1 Å². The number of hydrogen-bond donors (Lipinski definition) is 1. The number of benzene rings is 1. The number of amides is 1. The number of nitrogens with one attached hydrogen (secondary N) is 1. The second-order valence-corrected chi connectivity index (χ2v) is 9.91. The van der Waals surface area contributed by atoms with E-state index in [1.165, 1.54) is 5.56 Å². The Morgan fingerprint density at radius 1 is 1.23 bits per heavy atom. The molecule has 2 heterocycles. The lowest BCUT2D eigenvalue weighted by Gasteiger charge is -2.38. The summed E-state index contributed by atoms with van der Waals surface area (Å²) in [5.41, 5.74) is 1.77. The number of ether oxygens (including phenoxy) is 1. The highest BCUT2D eigenvalue weighted by atomic mass is 16.5. The van der Waals surface area contributed by atoms with Gasteiger partial charge in [-0.3, -0.25) is 14.7 Å². The SMILES string of the molecule is CC(C)Oc1cccc(CN2CCC[C@H]([C@@H](NC(=O)C(C)(C)C)c3ccccn3)C2)c1. The summed E-state index contributed by atoms with van der Waals surface area (Å²) in [5, 5.41) is 3.31. The van der Waals surface area contributed by atoms with Gasteiger partial charge in [0.2, 0.25) is 5.91 Å². The molecule has 0 radical (unpaired) electrons. The quantitative estimate of drug-likeness (QED) is 0.682. The van der Waals surface area contributed by atoms with Crippen molar-refractivity contribution in [3.8, 4) is 5.75 Å². The van der Waals surface area contributed by atoms with Crippen LogP contribution in [-0.2, 0) is 11.3 Å². The Morgan fingerprint density at radius 2 is 2.03 bits per heavy atom. The molecule has 168 valence electrons. The van der Waals surface area contributed by atoms with Crippen LogP contribution in [-0.4, -0.2) is 35.0 Å². The van der Waals surface area contributed by atoms with Gasteiger partial charge in [0, 0.05) is 24.7 Å². The predicted octanol–water partition coefficient (Wildman–Crippen LogP) is 4.98. The standard InChI is InChI=1S/C26H37N3O2/c1-19(2)31-22-12-8-10-20(16-22)17-29-15-9-11-21(18-29)24(23-13-6-7-14-27-23)28-25(30)26(3,4)5/h6-8,10,12-14,16,19,21,24H,9,11,15,17-18H2,1-5H3,(H,28,30)/t21-,24+/m0/s1. The van der Waals surface area contributed by atoms with Crippen molar-refractivity contribution in [3.63, 3.8) is 0 Å². The summed E-state index contributed by atoms with van der Waals surface area (Å²) in [6, 6.07) is 14.3. The Labute approximate surface area is 187 Å². The fourth-order valence-corrected chi connectivity index (χ4v) is 4.11. The Bertz CT molecular complexity index is 845. The van der Waals surface area contributed by atoms with Gasteiger partial charge in [0.05, 0.1) is 17.8 Å². The fourth-order valence-electron chi connectivity index (χ4n) is 4.11. The molecule has 5 nitrogen and oxygen atoms in total. The summed E-state index contributed by atoms with van der Waals surface area (Å²) in [5.74, 6) is 1.31. The van der Waals surface area contributed by atoms with E-state index in [1.807, 2.05) is 65.1 Å². The lowest BCUT2D eigenvalue weighted by atomic mass is 9.86. The molecular weight excluding hydrogens is 386 g/mol. The van der Waals surface area contributed by atoms with E-state index in [4.69, 9.17) is 4.74 Å². The van der Waals surface area contributed by atoms with Gasteiger partial charge in [-0.1, -0.05) is 39.0 Å². The van der Waals surface area contributed by atoms with Crippen molar-refractivity contribution >= 4 is 5.91 Å². The van der Waals surface area contributed by atoms with Crippen molar-refractivity contribution < 1.29 is 9.53 Å². The van der Waals surface area contributed by atoms with Crippen LogP contribution in [0, 0.1) is 11.3 Å². The largest absolute Gasteiger partial charge is 0.491 e. The number of aromatic nitrogens is 1. The molecular formula is C26H37N3O2. The third-order valence-corrected chi connectivity index (χ3v) is 5.66. The van der Waals surface area contributed by atoms with E-state index in [0.717, 1.165) is 43.9 Å². The third kappa shape index (κ3) is 6.79. The van der Waals surface area contributed by atoms with Crippen LogP contribution in [0.3, 0.4) is 0 Å². The van der Waals surface area contributed by atoms with Crippen molar-refractivity contribution in [2.45, 2.75) is 66.2 Å². The monoisotopic (exact) mass is 423 g/mol. The maximum atomic E-state index is 12.8. The minimum atomic E-state index is -0.432. The van der Waals surface area contributed by atoms with Crippen LogP contribution in [0.4, 0.5) is 0 Å². The Kier molecular flexibility index (Phi) is 7.71. The molecule has 2 atom stereocenters. The number of rotatable bonds is 7. The predicted molar refractivity (Wildman–Crippen MR) is 125 cm³/mol. The number of carbonyl (C=O) groups excluding carboxylic acids is 1. The second-order valence-electron chi connectivity index (χ2n) is 9.91. The summed E-state index contributed by atoms with van der Waals surface area (Å²) in [4.78, 5) is 19.9. The second kappa shape index (κ2) is 10.3. The molecule has 0 spiro atoms.